The molecule has 0 aromatic heterocycles. The molecular weight excluding hydrogens is 303 g/mol. The van der Waals surface area contributed by atoms with Crippen molar-refractivity contribution in [1.82, 2.24) is 0 Å². The van der Waals surface area contributed by atoms with E-state index < -0.39 is 10.8 Å². The molecule has 4 nitrogen and oxygen atoms in total. The monoisotopic (exact) mass is 318 g/mol. The number of alkyl halides is 2. The van der Waals surface area contributed by atoms with Gasteiger partial charge in [0.15, 0.2) is 0 Å². The van der Waals surface area contributed by atoms with Crippen LogP contribution in [0.1, 0.15) is 24.8 Å². The van der Waals surface area contributed by atoms with Crippen molar-refractivity contribution in [3.8, 4) is 5.75 Å². The SMILES string of the molecule is Cc1cccc(OC(=O)CCCC(=O)OCC(Cl)Cl)c1. The van der Waals surface area contributed by atoms with E-state index in [9.17, 15) is 9.59 Å². The smallest absolute Gasteiger partial charge is 0.311 e. The summed E-state index contributed by atoms with van der Waals surface area (Å²) in [5, 5.41) is 0. The molecule has 0 aliphatic heterocycles. The van der Waals surface area contributed by atoms with Crippen molar-refractivity contribution >= 4 is 35.1 Å². The summed E-state index contributed by atoms with van der Waals surface area (Å²) in [6.07, 6.45) is 0.635. The Bertz CT molecular complexity index is 460. The molecule has 20 heavy (non-hydrogen) atoms. The third-order valence-corrected chi connectivity index (χ3v) is 2.61. The van der Waals surface area contributed by atoms with Gasteiger partial charge in [0.25, 0.3) is 0 Å². The van der Waals surface area contributed by atoms with E-state index in [1.807, 2.05) is 19.1 Å². The molecule has 0 heterocycles. The summed E-state index contributed by atoms with van der Waals surface area (Å²) in [5.74, 6) is -0.305. The number of hydrogen-bond donors (Lipinski definition) is 0. The van der Waals surface area contributed by atoms with E-state index in [2.05, 4.69) is 0 Å². The highest BCUT2D eigenvalue weighted by Crippen LogP contribution is 2.13. The lowest BCUT2D eigenvalue weighted by Gasteiger charge is -2.06. The molecule has 0 fully saturated rings. The van der Waals surface area contributed by atoms with Crippen LogP contribution in [0.4, 0.5) is 0 Å². The molecule has 0 aliphatic carbocycles. The van der Waals surface area contributed by atoms with Crippen molar-refractivity contribution in [2.75, 3.05) is 6.61 Å². The normalized spacial score (nSPS) is 10.4. The van der Waals surface area contributed by atoms with Crippen LogP contribution in [0.15, 0.2) is 24.3 Å². The summed E-state index contributed by atoms with van der Waals surface area (Å²) >= 11 is 10.8. The fourth-order valence-corrected chi connectivity index (χ4v) is 1.59. The van der Waals surface area contributed by atoms with Gasteiger partial charge in [-0.2, -0.15) is 0 Å². The Hall–Kier alpha value is -1.26. The van der Waals surface area contributed by atoms with Crippen molar-refractivity contribution < 1.29 is 19.1 Å². The first-order valence-electron chi connectivity index (χ1n) is 6.18. The molecule has 110 valence electrons. The minimum absolute atomic E-state index is 0.0459. The van der Waals surface area contributed by atoms with Crippen LogP contribution in [0.25, 0.3) is 0 Å². The van der Waals surface area contributed by atoms with Crippen molar-refractivity contribution in [3.05, 3.63) is 29.8 Å². The van der Waals surface area contributed by atoms with Gasteiger partial charge < -0.3 is 9.47 Å². The van der Waals surface area contributed by atoms with Gasteiger partial charge in [-0.1, -0.05) is 12.1 Å². The third-order valence-electron chi connectivity index (χ3n) is 2.35. The number of aryl methyl sites for hydroxylation is 1. The molecule has 0 saturated heterocycles. The molecule has 0 atom stereocenters. The predicted molar refractivity (Wildman–Crippen MR) is 77.1 cm³/mol. The lowest BCUT2D eigenvalue weighted by atomic mass is 10.2. The molecule has 0 amide bonds. The van der Waals surface area contributed by atoms with E-state index in [1.165, 1.54) is 0 Å². The molecule has 1 aromatic rings. The van der Waals surface area contributed by atoms with E-state index in [4.69, 9.17) is 32.7 Å². The van der Waals surface area contributed by atoms with Crippen LogP contribution in [0, 0.1) is 6.92 Å². The predicted octanol–water partition coefficient (Wildman–Crippen LogP) is 3.42. The van der Waals surface area contributed by atoms with E-state index >= 15 is 0 Å². The second kappa shape index (κ2) is 8.82. The largest absolute Gasteiger partial charge is 0.463 e. The third kappa shape index (κ3) is 7.36. The molecule has 0 bridgehead atoms. The van der Waals surface area contributed by atoms with Crippen molar-refractivity contribution in [2.24, 2.45) is 0 Å². The Morgan fingerprint density at radius 3 is 2.55 bits per heavy atom. The summed E-state index contributed by atoms with van der Waals surface area (Å²) in [7, 11) is 0. The average Bonchev–Trinajstić information content (AvgIpc) is 2.36. The van der Waals surface area contributed by atoms with Crippen LogP contribution in [0.5, 0.6) is 5.75 Å². The molecule has 0 spiro atoms. The number of carbonyl (C=O) groups excluding carboxylic acids is 2. The van der Waals surface area contributed by atoms with Gasteiger partial charge in [0.1, 0.15) is 17.2 Å². The van der Waals surface area contributed by atoms with Crippen molar-refractivity contribution in [2.45, 2.75) is 31.0 Å². The second-order valence-electron chi connectivity index (χ2n) is 4.22. The number of rotatable bonds is 7. The number of hydrogen-bond acceptors (Lipinski definition) is 4. The zero-order chi connectivity index (χ0) is 15.0. The Labute approximate surface area is 128 Å². The van der Waals surface area contributed by atoms with Gasteiger partial charge in [0, 0.05) is 12.8 Å². The van der Waals surface area contributed by atoms with Gasteiger partial charge in [-0.3, -0.25) is 9.59 Å². The zero-order valence-corrected chi connectivity index (χ0v) is 12.6. The minimum Gasteiger partial charge on any atom is -0.463 e. The van der Waals surface area contributed by atoms with Crippen LogP contribution in [0.3, 0.4) is 0 Å². The molecular formula is C14H16Cl2O4. The van der Waals surface area contributed by atoms with E-state index in [-0.39, 0.29) is 25.4 Å². The summed E-state index contributed by atoms with van der Waals surface area (Å²) < 4.78 is 9.91. The molecule has 1 rings (SSSR count). The molecule has 0 aliphatic rings. The highest BCUT2D eigenvalue weighted by Gasteiger charge is 2.09. The van der Waals surface area contributed by atoms with Crippen LogP contribution < -0.4 is 4.74 Å². The molecule has 0 N–H and O–H groups in total. The van der Waals surface area contributed by atoms with Crippen LogP contribution in [-0.2, 0) is 14.3 Å². The maximum absolute atomic E-state index is 11.6. The molecule has 1 aromatic carbocycles. The first-order valence-corrected chi connectivity index (χ1v) is 7.06. The maximum Gasteiger partial charge on any atom is 0.311 e. The quantitative estimate of drug-likeness (QED) is 0.439. The zero-order valence-electron chi connectivity index (χ0n) is 11.1. The molecule has 0 unspecified atom stereocenters. The van der Waals surface area contributed by atoms with E-state index in [0.717, 1.165) is 5.56 Å². The number of halogens is 2. The standard InChI is InChI=1S/C14H16Cl2O4/c1-10-4-2-5-11(8-10)20-14(18)7-3-6-13(17)19-9-12(15)16/h2,4-5,8,12H,3,6-7,9H2,1H3. The lowest BCUT2D eigenvalue weighted by molar-refractivity contribution is -0.143. The van der Waals surface area contributed by atoms with E-state index in [1.54, 1.807) is 12.1 Å². The first-order chi connectivity index (χ1) is 9.47. The van der Waals surface area contributed by atoms with Crippen molar-refractivity contribution in [1.29, 1.82) is 0 Å². The summed E-state index contributed by atoms with van der Waals surface area (Å²) in [4.78, 5) is 22.1. The van der Waals surface area contributed by atoms with Crippen LogP contribution >= 0.6 is 23.2 Å². The maximum atomic E-state index is 11.6. The number of esters is 2. The second-order valence-corrected chi connectivity index (χ2v) is 5.50. The van der Waals surface area contributed by atoms with Gasteiger partial charge >= 0.3 is 11.9 Å². The average molecular weight is 319 g/mol. The minimum atomic E-state index is -0.731. The Kier molecular flexibility index (Phi) is 7.41. The van der Waals surface area contributed by atoms with Gasteiger partial charge in [0.2, 0.25) is 0 Å². The lowest BCUT2D eigenvalue weighted by Crippen LogP contribution is -2.12. The van der Waals surface area contributed by atoms with Crippen LogP contribution in [-0.4, -0.2) is 23.4 Å². The number of benzene rings is 1. The number of carbonyl (C=O) groups is 2. The molecule has 0 saturated carbocycles. The highest BCUT2D eigenvalue weighted by atomic mass is 35.5. The molecule has 0 radical (unpaired) electrons. The first kappa shape index (κ1) is 16.8. The topological polar surface area (TPSA) is 52.6 Å². The Morgan fingerprint density at radius 1 is 1.20 bits per heavy atom. The van der Waals surface area contributed by atoms with Gasteiger partial charge in [-0.15, -0.1) is 23.2 Å². The fourth-order valence-electron chi connectivity index (χ4n) is 1.47. The molecule has 6 heteroatoms. The summed E-state index contributed by atoms with van der Waals surface area (Å²) in [5.41, 5.74) is 1.01. The fraction of sp³-hybridized carbons (Fsp3) is 0.429. The number of ether oxygens (including phenoxy) is 2. The van der Waals surface area contributed by atoms with Gasteiger partial charge in [-0.05, 0) is 31.0 Å². The Balaban J connectivity index is 2.22. The van der Waals surface area contributed by atoms with Gasteiger partial charge in [-0.25, -0.2) is 0 Å². The van der Waals surface area contributed by atoms with E-state index in [0.29, 0.717) is 12.2 Å². The van der Waals surface area contributed by atoms with Crippen LogP contribution in [0.2, 0.25) is 0 Å². The summed E-state index contributed by atoms with van der Waals surface area (Å²) in [6, 6.07) is 7.20. The van der Waals surface area contributed by atoms with Gasteiger partial charge in [0.05, 0.1) is 0 Å². The van der Waals surface area contributed by atoms with Crippen molar-refractivity contribution in [3.63, 3.8) is 0 Å². The summed E-state index contributed by atoms with van der Waals surface area (Å²) in [6.45, 7) is 1.87. The Morgan fingerprint density at radius 2 is 1.90 bits per heavy atom. The highest BCUT2D eigenvalue weighted by molar-refractivity contribution is 6.44.